The van der Waals surface area contributed by atoms with Crippen molar-refractivity contribution in [3.8, 4) is 0 Å². The molecule has 3 aliphatic heterocycles. The third-order valence-corrected chi connectivity index (χ3v) is 13.3. The molecule has 0 radical (unpaired) electrons. The molecule has 0 aliphatic carbocycles. The summed E-state index contributed by atoms with van der Waals surface area (Å²) in [6, 6.07) is 0. The maximum Gasteiger partial charge on any atom is 0.000237 e. The van der Waals surface area contributed by atoms with Crippen LogP contribution < -0.4 is 0 Å². The van der Waals surface area contributed by atoms with Gasteiger partial charge in [-0.3, -0.25) is 0 Å². The Balaban J connectivity index is 2.01. The number of rotatable bonds is 0. The number of hydrogen-bond acceptors (Lipinski definition) is 6. The Labute approximate surface area is 182 Å². The highest BCUT2D eigenvalue weighted by atomic mass is 32.2. The van der Waals surface area contributed by atoms with E-state index in [0.29, 0.717) is 10.8 Å². The van der Waals surface area contributed by atoms with Gasteiger partial charge in [0.15, 0.2) is 0 Å². The van der Waals surface area contributed by atoms with Crippen LogP contribution in [0.5, 0.6) is 0 Å². The molecule has 25 heavy (non-hydrogen) atoms. The Morgan fingerprint density at radius 2 is 0.600 bits per heavy atom. The zero-order chi connectivity index (χ0) is 17.8. The van der Waals surface area contributed by atoms with Gasteiger partial charge in [0, 0.05) is 34.5 Å². The van der Waals surface area contributed by atoms with E-state index in [2.05, 4.69) is 84.4 Å². The highest BCUT2D eigenvalue weighted by Gasteiger charge is 2.26. The van der Waals surface area contributed by atoms with Gasteiger partial charge in [-0.05, 0) is 64.6 Å². The molecule has 0 aromatic carbocycles. The molecule has 3 rings (SSSR count). The normalized spacial score (nSPS) is 35.8. The number of hydrogen-bond donors (Lipinski definition) is 0. The second-order valence-electron chi connectivity index (χ2n) is 8.00. The Morgan fingerprint density at radius 1 is 0.400 bits per heavy atom. The first kappa shape index (κ1) is 23.4. The molecular formula is C19H36S6. The first-order valence-electron chi connectivity index (χ1n) is 9.59. The van der Waals surface area contributed by atoms with E-state index in [1.165, 1.54) is 88.3 Å². The summed E-state index contributed by atoms with van der Waals surface area (Å²) in [5.74, 6) is 16.3. The fraction of sp³-hybridized carbons (Fsp3) is 1.00. The largest absolute Gasteiger partial charge is 0.161 e. The van der Waals surface area contributed by atoms with Crippen LogP contribution in [0, 0.1) is 10.8 Å². The SMILES string of the molecule is CC12CSCCCSCC(C)(CSCCCSC1)CSCCCSC2. The van der Waals surface area contributed by atoms with Crippen LogP contribution in [-0.4, -0.2) is 69.0 Å². The highest BCUT2D eigenvalue weighted by molar-refractivity contribution is 8.02. The van der Waals surface area contributed by atoms with Gasteiger partial charge in [-0.2, -0.15) is 70.6 Å². The predicted molar refractivity (Wildman–Crippen MR) is 134 cm³/mol. The molecule has 0 saturated carbocycles. The maximum atomic E-state index is 2.55. The van der Waals surface area contributed by atoms with Crippen molar-refractivity contribution in [3.05, 3.63) is 0 Å². The smallest absolute Gasteiger partial charge is 0.000237 e. The van der Waals surface area contributed by atoms with E-state index >= 15 is 0 Å². The van der Waals surface area contributed by atoms with Crippen LogP contribution in [0.25, 0.3) is 0 Å². The maximum absolute atomic E-state index is 2.55. The van der Waals surface area contributed by atoms with E-state index in [1.54, 1.807) is 0 Å². The van der Waals surface area contributed by atoms with Crippen LogP contribution in [-0.2, 0) is 0 Å². The lowest BCUT2D eigenvalue weighted by Gasteiger charge is -2.31. The third-order valence-electron chi connectivity index (χ3n) is 4.44. The molecule has 0 spiro atoms. The average molecular weight is 457 g/mol. The molecule has 2 bridgehead atoms. The Kier molecular flexibility index (Phi) is 12.5. The second-order valence-corrected chi connectivity index (χ2v) is 14.6. The van der Waals surface area contributed by atoms with Crippen molar-refractivity contribution < 1.29 is 0 Å². The molecule has 3 saturated heterocycles. The van der Waals surface area contributed by atoms with E-state index in [0.717, 1.165) is 0 Å². The van der Waals surface area contributed by atoms with Crippen molar-refractivity contribution in [2.45, 2.75) is 33.1 Å². The van der Waals surface area contributed by atoms with E-state index in [-0.39, 0.29) is 0 Å². The summed E-state index contributed by atoms with van der Waals surface area (Å²) in [5, 5.41) is 0. The zero-order valence-electron chi connectivity index (χ0n) is 16.1. The van der Waals surface area contributed by atoms with Crippen molar-refractivity contribution in [1.29, 1.82) is 0 Å². The molecule has 6 heteroatoms. The van der Waals surface area contributed by atoms with Gasteiger partial charge in [-0.15, -0.1) is 0 Å². The van der Waals surface area contributed by atoms with E-state index < -0.39 is 0 Å². The summed E-state index contributed by atoms with van der Waals surface area (Å²) in [6.07, 6.45) is 4.17. The molecule has 0 atom stereocenters. The van der Waals surface area contributed by atoms with Gasteiger partial charge in [0.25, 0.3) is 0 Å². The summed E-state index contributed by atoms with van der Waals surface area (Å²) < 4.78 is 0. The summed E-state index contributed by atoms with van der Waals surface area (Å²) >= 11 is 13.4. The van der Waals surface area contributed by atoms with Crippen LogP contribution in [0.1, 0.15) is 33.1 Å². The fourth-order valence-corrected chi connectivity index (χ4v) is 11.4. The summed E-state index contributed by atoms with van der Waals surface area (Å²) in [5.41, 5.74) is 1.06. The molecular weight excluding hydrogens is 421 g/mol. The quantitative estimate of drug-likeness (QED) is 0.400. The van der Waals surface area contributed by atoms with Gasteiger partial charge in [0.2, 0.25) is 0 Å². The minimum atomic E-state index is 0.528. The molecule has 3 heterocycles. The predicted octanol–water partition coefficient (Wildman–Crippen LogP) is 6.60. The Bertz CT molecular complexity index is 271. The lowest BCUT2D eigenvalue weighted by atomic mass is 9.99. The van der Waals surface area contributed by atoms with Crippen LogP contribution in [0.4, 0.5) is 0 Å². The first-order chi connectivity index (χ1) is 12.1. The molecule has 0 N–H and O–H groups in total. The van der Waals surface area contributed by atoms with Crippen molar-refractivity contribution in [2.24, 2.45) is 10.8 Å². The standard InChI is InChI=1S/C19H36S6/c1-18-12-20-6-3-9-23-15-19(2,16-24-10-4-7-21-13-18)17-25-11-5-8-22-14-18/h3-17H2,1-2H3. The monoisotopic (exact) mass is 456 g/mol. The van der Waals surface area contributed by atoms with Crippen molar-refractivity contribution in [2.75, 3.05) is 69.0 Å². The molecule has 0 aromatic heterocycles. The van der Waals surface area contributed by atoms with Gasteiger partial charge in [-0.25, -0.2) is 0 Å². The van der Waals surface area contributed by atoms with Crippen molar-refractivity contribution in [3.63, 3.8) is 0 Å². The van der Waals surface area contributed by atoms with E-state index in [4.69, 9.17) is 0 Å². The lowest BCUT2D eigenvalue weighted by Crippen LogP contribution is -2.28. The average Bonchev–Trinajstić information content (AvgIpc) is 2.58. The van der Waals surface area contributed by atoms with Gasteiger partial charge in [0.05, 0.1) is 0 Å². The highest BCUT2D eigenvalue weighted by Crippen LogP contribution is 2.35. The van der Waals surface area contributed by atoms with Crippen LogP contribution in [0.2, 0.25) is 0 Å². The van der Waals surface area contributed by atoms with Crippen molar-refractivity contribution in [1.82, 2.24) is 0 Å². The number of thioether (sulfide) groups is 6. The van der Waals surface area contributed by atoms with Crippen LogP contribution >= 0.6 is 70.6 Å². The fourth-order valence-electron chi connectivity index (χ4n) is 2.95. The second kappa shape index (κ2) is 13.3. The molecule has 3 fully saturated rings. The molecule has 0 unspecified atom stereocenters. The molecule has 3 aliphatic rings. The zero-order valence-corrected chi connectivity index (χ0v) is 21.0. The van der Waals surface area contributed by atoms with Gasteiger partial charge < -0.3 is 0 Å². The van der Waals surface area contributed by atoms with Gasteiger partial charge >= 0.3 is 0 Å². The topological polar surface area (TPSA) is 0 Å². The molecule has 148 valence electrons. The molecule has 0 amide bonds. The van der Waals surface area contributed by atoms with Crippen molar-refractivity contribution >= 4 is 70.6 Å². The summed E-state index contributed by atoms with van der Waals surface area (Å²) in [6.45, 7) is 5.10. The minimum Gasteiger partial charge on any atom is -0.161 e. The molecule has 0 aromatic rings. The van der Waals surface area contributed by atoms with Crippen LogP contribution in [0.15, 0.2) is 0 Å². The van der Waals surface area contributed by atoms with Gasteiger partial charge in [-0.1, -0.05) is 13.8 Å². The first-order valence-corrected chi connectivity index (χ1v) is 16.5. The summed E-state index contributed by atoms with van der Waals surface area (Å²) in [4.78, 5) is 0. The Hall–Kier alpha value is 2.10. The van der Waals surface area contributed by atoms with E-state index in [9.17, 15) is 0 Å². The lowest BCUT2D eigenvalue weighted by molar-refractivity contribution is 0.502. The third kappa shape index (κ3) is 10.4. The van der Waals surface area contributed by atoms with Crippen LogP contribution in [0.3, 0.4) is 0 Å². The van der Waals surface area contributed by atoms with E-state index in [1.807, 2.05) is 0 Å². The minimum absolute atomic E-state index is 0.528. The summed E-state index contributed by atoms with van der Waals surface area (Å²) in [7, 11) is 0. The Morgan fingerprint density at radius 3 is 0.800 bits per heavy atom. The van der Waals surface area contributed by atoms with Gasteiger partial charge in [0.1, 0.15) is 0 Å². The molecule has 0 nitrogen and oxygen atoms in total. The number of fused-ring (bicyclic) bond motifs is 18.